The molecule has 0 aliphatic carbocycles. The maximum Gasteiger partial charge on any atom is 0.245 e. The average molecular weight is 256 g/mol. The molecule has 0 saturated carbocycles. The van der Waals surface area contributed by atoms with E-state index in [9.17, 15) is 9.59 Å². The van der Waals surface area contributed by atoms with Gasteiger partial charge in [-0.2, -0.15) is 0 Å². The van der Waals surface area contributed by atoms with Crippen molar-refractivity contribution >= 4 is 11.8 Å². The normalized spacial score (nSPS) is 24.3. The Balaban J connectivity index is 2.71. The van der Waals surface area contributed by atoms with Crippen molar-refractivity contribution in [3.8, 4) is 0 Å². The first-order chi connectivity index (χ1) is 8.65. The SMILES string of the molecule is CCCC1NC(=O)C(CC)N(CCOCC)C1=O. The van der Waals surface area contributed by atoms with Crippen LogP contribution in [0.4, 0.5) is 0 Å². The van der Waals surface area contributed by atoms with Crippen molar-refractivity contribution in [2.24, 2.45) is 0 Å². The number of carbonyl (C=O) groups excluding carboxylic acids is 2. The number of carbonyl (C=O) groups is 2. The van der Waals surface area contributed by atoms with Crippen LogP contribution in [0.1, 0.15) is 40.0 Å². The Morgan fingerprint density at radius 2 is 2.00 bits per heavy atom. The van der Waals surface area contributed by atoms with Crippen LogP contribution in [0.2, 0.25) is 0 Å². The van der Waals surface area contributed by atoms with Crippen molar-refractivity contribution in [1.82, 2.24) is 10.2 Å². The van der Waals surface area contributed by atoms with Crippen molar-refractivity contribution in [1.29, 1.82) is 0 Å². The summed E-state index contributed by atoms with van der Waals surface area (Å²) in [6.07, 6.45) is 2.22. The van der Waals surface area contributed by atoms with Crippen LogP contribution >= 0.6 is 0 Å². The minimum Gasteiger partial charge on any atom is -0.380 e. The molecule has 5 nitrogen and oxygen atoms in total. The van der Waals surface area contributed by atoms with E-state index in [1.54, 1.807) is 4.90 Å². The molecule has 0 aromatic rings. The van der Waals surface area contributed by atoms with Crippen molar-refractivity contribution in [2.75, 3.05) is 19.8 Å². The summed E-state index contributed by atoms with van der Waals surface area (Å²) in [7, 11) is 0. The third-order valence-corrected chi connectivity index (χ3v) is 3.22. The van der Waals surface area contributed by atoms with Gasteiger partial charge in [-0.25, -0.2) is 0 Å². The number of piperazine rings is 1. The molecule has 18 heavy (non-hydrogen) atoms. The number of amides is 2. The van der Waals surface area contributed by atoms with Crippen LogP contribution in [0.3, 0.4) is 0 Å². The maximum atomic E-state index is 12.3. The summed E-state index contributed by atoms with van der Waals surface area (Å²) in [5, 5.41) is 2.82. The van der Waals surface area contributed by atoms with Crippen molar-refractivity contribution in [3.05, 3.63) is 0 Å². The number of rotatable bonds is 7. The minimum atomic E-state index is -0.355. The number of ether oxygens (including phenoxy) is 1. The van der Waals surface area contributed by atoms with Crippen LogP contribution in [0.25, 0.3) is 0 Å². The molecule has 1 heterocycles. The molecular formula is C13H24N2O3. The molecule has 0 bridgehead atoms. The van der Waals surface area contributed by atoms with Gasteiger partial charge >= 0.3 is 0 Å². The molecule has 2 atom stereocenters. The summed E-state index contributed by atoms with van der Waals surface area (Å²) in [5.41, 5.74) is 0. The molecule has 1 rings (SSSR count). The molecule has 5 heteroatoms. The molecule has 1 aliphatic heterocycles. The highest BCUT2D eigenvalue weighted by atomic mass is 16.5. The third-order valence-electron chi connectivity index (χ3n) is 3.22. The molecule has 2 amide bonds. The van der Waals surface area contributed by atoms with Crippen molar-refractivity contribution < 1.29 is 14.3 Å². The topological polar surface area (TPSA) is 58.6 Å². The highest BCUT2D eigenvalue weighted by Crippen LogP contribution is 2.15. The van der Waals surface area contributed by atoms with Gasteiger partial charge in [-0.3, -0.25) is 9.59 Å². The van der Waals surface area contributed by atoms with E-state index < -0.39 is 0 Å². The Hall–Kier alpha value is -1.10. The molecular weight excluding hydrogens is 232 g/mol. The van der Waals surface area contributed by atoms with E-state index in [4.69, 9.17) is 4.74 Å². The smallest absolute Gasteiger partial charge is 0.245 e. The van der Waals surface area contributed by atoms with Crippen molar-refractivity contribution in [2.45, 2.75) is 52.1 Å². The summed E-state index contributed by atoms with van der Waals surface area (Å²) >= 11 is 0. The third kappa shape index (κ3) is 3.45. The summed E-state index contributed by atoms with van der Waals surface area (Å²) in [4.78, 5) is 25.9. The largest absolute Gasteiger partial charge is 0.380 e. The van der Waals surface area contributed by atoms with Crippen molar-refractivity contribution in [3.63, 3.8) is 0 Å². The van der Waals surface area contributed by atoms with Gasteiger partial charge in [-0.15, -0.1) is 0 Å². The Morgan fingerprint density at radius 1 is 1.28 bits per heavy atom. The molecule has 0 radical (unpaired) electrons. The van der Waals surface area contributed by atoms with Gasteiger partial charge in [0.2, 0.25) is 11.8 Å². The Kier molecular flexibility index (Phi) is 6.12. The number of hydrogen-bond donors (Lipinski definition) is 1. The first-order valence-corrected chi connectivity index (χ1v) is 6.84. The van der Waals surface area contributed by atoms with E-state index in [1.165, 1.54) is 0 Å². The van der Waals surface area contributed by atoms with E-state index in [1.807, 2.05) is 20.8 Å². The van der Waals surface area contributed by atoms with Crippen LogP contribution < -0.4 is 5.32 Å². The average Bonchev–Trinajstić information content (AvgIpc) is 2.35. The molecule has 1 saturated heterocycles. The first kappa shape index (κ1) is 15.0. The summed E-state index contributed by atoms with van der Waals surface area (Å²) in [5.74, 6) is -0.00458. The molecule has 1 aliphatic rings. The molecule has 1 fully saturated rings. The second kappa shape index (κ2) is 7.36. The molecule has 2 unspecified atom stereocenters. The Labute approximate surface area is 109 Å². The quantitative estimate of drug-likeness (QED) is 0.689. The van der Waals surface area contributed by atoms with Gasteiger partial charge in [-0.05, 0) is 19.8 Å². The summed E-state index contributed by atoms with van der Waals surface area (Å²) < 4.78 is 5.28. The Morgan fingerprint density at radius 3 is 2.56 bits per heavy atom. The van der Waals surface area contributed by atoms with Crippen LogP contribution in [0.15, 0.2) is 0 Å². The zero-order valence-corrected chi connectivity index (χ0v) is 11.6. The summed E-state index contributed by atoms with van der Waals surface area (Å²) in [6.45, 7) is 7.47. The second-order valence-electron chi connectivity index (χ2n) is 4.50. The standard InChI is InChI=1S/C13H24N2O3/c1-4-7-10-13(17)15(8-9-18-6-3)11(5-2)12(16)14-10/h10-11H,4-9H2,1-3H3,(H,14,16). The molecule has 0 spiro atoms. The molecule has 0 aromatic heterocycles. The predicted octanol–water partition coefficient (Wildman–Crippen LogP) is 0.929. The van der Waals surface area contributed by atoms with E-state index in [0.29, 0.717) is 32.6 Å². The van der Waals surface area contributed by atoms with E-state index >= 15 is 0 Å². The zero-order chi connectivity index (χ0) is 13.5. The lowest BCUT2D eigenvalue weighted by Crippen LogP contribution is -2.63. The maximum absolute atomic E-state index is 12.3. The lowest BCUT2D eigenvalue weighted by Gasteiger charge is -2.38. The van der Waals surface area contributed by atoms with Crippen LogP contribution in [0, 0.1) is 0 Å². The van der Waals surface area contributed by atoms with Gasteiger partial charge < -0.3 is 15.0 Å². The van der Waals surface area contributed by atoms with Crippen LogP contribution in [0.5, 0.6) is 0 Å². The first-order valence-electron chi connectivity index (χ1n) is 6.84. The van der Waals surface area contributed by atoms with Gasteiger partial charge in [0.25, 0.3) is 0 Å². The van der Waals surface area contributed by atoms with Gasteiger partial charge in [0.15, 0.2) is 0 Å². The highest BCUT2D eigenvalue weighted by molar-refractivity contribution is 5.96. The molecule has 0 aromatic carbocycles. The molecule has 1 N–H and O–H groups in total. The van der Waals surface area contributed by atoms with Crippen LogP contribution in [-0.4, -0.2) is 48.6 Å². The monoisotopic (exact) mass is 256 g/mol. The van der Waals surface area contributed by atoms with Crippen LogP contribution in [-0.2, 0) is 14.3 Å². The van der Waals surface area contributed by atoms with E-state index in [-0.39, 0.29) is 23.9 Å². The zero-order valence-electron chi connectivity index (χ0n) is 11.6. The highest BCUT2D eigenvalue weighted by Gasteiger charge is 2.38. The minimum absolute atomic E-state index is 0.0306. The van der Waals surface area contributed by atoms with Gasteiger partial charge in [0, 0.05) is 13.2 Å². The second-order valence-corrected chi connectivity index (χ2v) is 4.50. The van der Waals surface area contributed by atoms with Gasteiger partial charge in [0.05, 0.1) is 6.61 Å². The fourth-order valence-electron chi connectivity index (χ4n) is 2.29. The lowest BCUT2D eigenvalue weighted by molar-refractivity contribution is -0.150. The lowest BCUT2D eigenvalue weighted by atomic mass is 10.0. The summed E-state index contributed by atoms with van der Waals surface area (Å²) in [6, 6.07) is -0.696. The Bertz CT molecular complexity index is 294. The van der Waals surface area contributed by atoms with Gasteiger partial charge in [-0.1, -0.05) is 20.3 Å². The number of nitrogens with zero attached hydrogens (tertiary/aromatic N) is 1. The van der Waals surface area contributed by atoms with E-state index in [2.05, 4.69) is 5.32 Å². The fourth-order valence-corrected chi connectivity index (χ4v) is 2.29. The van der Waals surface area contributed by atoms with Gasteiger partial charge in [0.1, 0.15) is 12.1 Å². The van der Waals surface area contributed by atoms with E-state index in [0.717, 1.165) is 6.42 Å². The number of hydrogen-bond acceptors (Lipinski definition) is 3. The fraction of sp³-hybridized carbons (Fsp3) is 0.846. The number of nitrogens with one attached hydrogen (secondary N) is 1. The predicted molar refractivity (Wildman–Crippen MR) is 69.1 cm³/mol. The molecule has 104 valence electrons.